The van der Waals surface area contributed by atoms with Crippen molar-refractivity contribution in [2.45, 2.75) is 46.3 Å². The molecule has 1 atom stereocenters. The van der Waals surface area contributed by atoms with Crippen molar-refractivity contribution in [2.75, 3.05) is 27.3 Å². The normalized spacial score (nSPS) is 17.6. The Balaban J connectivity index is 1.54. The SMILES string of the molecule is COCC1(C)CC(c2nc(-c3ccc(F)c(CN(C)CC(=O)OC(C)(C)C)c3)no2)=CC=C1c1ccccc1. The van der Waals surface area contributed by atoms with Gasteiger partial charge in [0.25, 0.3) is 5.89 Å². The van der Waals surface area contributed by atoms with E-state index in [0.717, 1.165) is 11.1 Å². The zero-order valence-electron chi connectivity index (χ0n) is 23.5. The Kier molecular flexibility index (Phi) is 8.47. The monoisotopic (exact) mass is 533 g/mol. The number of likely N-dealkylation sites (N-methyl/N-ethyl adjacent to an activating group) is 1. The van der Waals surface area contributed by atoms with Crippen LogP contribution in [0.4, 0.5) is 4.39 Å². The van der Waals surface area contributed by atoms with Crippen LogP contribution in [0.5, 0.6) is 0 Å². The summed E-state index contributed by atoms with van der Waals surface area (Å²) in [7, 11) is 3.44. The van der Waals surface area contributed by atoms with Gasteiger partial charge in [0.1, 0.15) is 11.4 Å². The summed E-state index contributed by atoms with van der Waals surface area (Å²) in [5, 5.41) is 4.18. The van der Waals surface area contributed by atoms with Crippen molar-refractivity contribution in [3.63, 3.8) is 0 Å². The number of carbonyl (C=O) groups excluding carboxylic acids is 1. The van der Waals surface area contributed by atoms with Crippen LogP contribution < -0.4 is 0 Å². The molecule has 0 N–H and O–H groups in total. The summed E-state index contributed by atoms with van der Waals surface area (Å²) in [5.41, 5.74) is 3.44. The molecule has 4 rings (SSSR count). The first-order valence-corrected chi connectivity index (χ1v) is 13.0. The molecule has 0 radical (unpaired) electrons. The van der Waals surface area contributed by atoms with Gasteiger partial charge in [0.15, 0.2) is 0 Å². The second-order valence-corrected chi connectivity index (χ2v) is 11.3. The van der Waals surface area contributed by atoms with Crippen LogP contribution in [0.15, 0.2) is 65.2 Å². The van der Waals surface area contributed by atoms with Crippen LogP contribution in [0, 0.1) is 11.2 Å². The maximum absolute atomic E-state index is 14.7. The number of ether oxygens (including phenoxy) is 2. The van der Waals surface area contributed by atoms with Gasteiger partial charge in [-0.2, -0.15) is 4.98 Å². The average Bonchev–Trinajstić information content (AvgIpc) is 3.35. The minimum atomic E-state index is -0.576. The van der Waals surface area contributed by atoms with Gasteiger partial charge in [-0.05, 0) is 63.6 Å². The standard InChI is InChI=1S/C31H36FN3O4/c1-30(2,3)38-27(36)19-35(5)18-24-16-22(13-15-26(24)32)28-33-29(39-34-28)23-12-14-25(21-10-8-7-9-11-21)31(4,17-23)20-37-6/h7-16H,17-20H2,1-6H3. The van der Waals surface area contributed by atoms with E-state index in [2.05, 4.69) is 35.3 Å². The minimum Gasteiger partial charge on any atom is -0.459 e. The summed E-state index contributed by atoms with van der Waals surface area (Å²) in [5.74, 6) is 0.0503. The van der Waals surface area contributed by atoms with Crippen molar-refractivity contribution < 1.29 is 23.2 Å². The van der Waals surface area contributed by atoms with Crippen LogP contribution in [-0.4, -0.2) is 53.9 Å². The van der Waals surface area contributed by atoms with Gasteiger partial charge in [-0.3, -0.25) is 9.69 Å². The third kappa shape index (κ3) is 7.07. The molecule has 2 aromatic carbocycles. The van der Waals surface area contributed by atoms with Crippen LogP contribution in [-0.2, 0) is 20.8 Å². The quantitative estimate of drug-likeness (QED) is 0.304. The Morgan fingerprint density at radius 1 is 1.13 bits per heavy atom. The van der Waals surface area contributed by atoms with E-state index in [9.17, 15) is 9.18 Å². The van der Waals surface area contributed by atoms with E-state index in [1.807, 2.05) is 45.0 Å². The number of hydrogen-bond acceptors (Lipinski definition) is 7. The molecule has 0 fully saturated rings. The average molecular weight is 534 g/mol. The van der Waals surface area contributed by atoms with Crippen LogP contribution in [0.1, 0.15) is 51.1 Å². The smallest absolute Gasteiger partial charge is 0.320 e. The van der Waals surface area contributed by atoms with Crippen molar-refractivity contribution in [3.8, 4) is 11.4 Å². The summed E-state index contributed by atoms with van der Waals surface area (Å²) in [6.07, 6.45) is 4.76. The van der Waals surface area contributed by atoms with Gasteiger partial charge in [0.05, 0.1) is 13.2 Å². The first-order valence-electron chi connectivity index (χ1n) is 13.0. The van der Waals surface area contributed by atoms with E-state index in [1.165, 1.54) is 11.6 Å². The Morgan fingerprint density at radius 3 is 2.56 bits per heavy atom. The van der Waals surface area contributed by atoms with Gasteiger partial charge in [-0.25, -0.2) is 4.39 Å². The van der Waals surface area contributed by atoms with Gasteiger partial charge >= 0.3 is 5.97 Å². The summed E-state index contributed by atoms with van der Waals surface area (Å²) in [6.45, 7) is 8.40. The van der Waals surface area contributed by atoms with Gasteiger partial charge in [0.2, 0.25) is 5.82 Å². The molecule has 1 aromatic heterocycles. The Bertz CT molecular complexity index is 1370. The molecule has 1 aliphatic rings. The molecule has 0 spiro atoms. The lowest BCUT2D eigenvalue weighted by atomic mass is 9.71. The number of esters is 1. The molecule has 0 saturated heterocycles. The molecule has 0 aliphatic heterocycles. The Labute approximate surface area is 229 Å². The highest BCUT2D eigenvalue weighted by atomic mass is 19.1. The second kappa shape index (κ2) is 11.6. The van der Waals surface area contributed by atoms with E-state index in [4.69, 9.17) is 14.0 Å². The van der Waals surface area contributed by atoms with Crippen LogP contribution >= 0.6 is 0 Å². The Morgan fingerprint density at radius 2 is 1.87 bits per heavy atom. The predicted molar refractivity (Wildman–Crippen MR) is 149 cm³/mol. The molecule has 8 heteroatoms. The molecule has 1 aliphatic carbocycles. The number of hydrogen-bond donors (Lipinski definition) is 0. The lowest BCUT2D eigenvalue weighted by Gasteiger charge is -2.34. The topological polar surface area (TPSA) is 77.7 Å². The summed E-state index contributed by atoms with van der Waals surface area (Å²) in [4.78, 5) is 18.5. The van der Waals surface area contributed by atoms with Gasteiger partial charge in [-0.15, -0.1) is 0 Å². The van der Waals surface area contributed by atoms with Crippen molar-refractivity contribution >= 4 is 17.1 Å². The number of halogens is 1. The summed E-state index contributed by atoms with van der Waals surface area (Å²) in [6, 6.07) is 14.9. The number of allylic oxidation sites excluding steroid dienone is 3. The van der Waals surface area contributed by atoms with Crippen molar-refractivity contribution in [2.24, 2.45) is 5.41 Å². The highest BCUT2D eigenvalue weighted by molar-refractivity contribution is 5.80. The van der Waals surface area contributed by atoms with E-state index in [-0.39, 0.29) is 30.3 Å². The number of nitrogens with zero attached hydrogens (tertiary/aromatic N) is 3. The zero-order chi connectivity index (χ0) is 28.2. The number of methoxy groups -OCH3 is 1. The van der Waals surface area contributed by atoms with E-state index >= 15 is 0 Å². The highest BCUT2D eigenvalue weighted by Crippen LogP contribution is 2.45. The van der Waals surface area contributed by atoms with Crippen LogP contribution in [0.25, 0.3) is 22.5 Å². The fraction of sp³-hybridized carbons (Fsp3) is 0.387. The van der Waals surface area contributed by atoms with Crippen LogP contribution in [0.3, 0.4) is 0 Å². The third-order valence-corrected chi connectivity index (χ3v) is 6.49. The number of aromatic nitrogens is 2. The molecule has 39 heavy (non-hydrogen) atoms. The van der Waals surface area contributed by atoms with Gasteiger partial charge in [0, 0.05) is 35.8 Å². The number of benzene rings is 2. The number of carbonyl (C=O) groups is 1. The van der Waals surface area contributed by atoms with E-state index in [1.54, 1.807) is 31.2 Å². The van der Waals surface area contributed by atoms with Gasteiger partial charge < -0.3 is 14.0 Å². The van der Waals surface area contributed by atoms with Crippen LogP contribution in [0.2, 0.25) is 0 Å². The highest BCUT2D eigenvalue weighted by Gasteiger charge is 2.35. The lowest BCUT2D eigenvalue weighted by molar-refractivity contribution is -0.155. The maximum Gasteiger partial charge on any atom is 0.320 e. The molecule has 3 aromatic rings. The van der Waals surface area contributed by atoms with Gasteiger partial charge in [-0.1, -0.05) is 54.6 Å². The lowest BCUT2D eigenvalue weighted by Crippen LogP contribution is -2.32. The number of rotatable bonds is 9. The summed E-state index contributed by atoms with van der Waals surface area (Å²) >= 11 is 0. The molecule has 0 amide bonds. The fourth-order valence-electron chi connectivity index (χ4n) is 4.86. The zero-order valence-corrected chi connectivity index (χ0v) is 23.5. The first-order chi connectivity index (χ1) is 18.5. The van der Waals surface area contributed by atoms with E-state index < -0.39 is 5.60 Å². The minimum absolute atomic E-state index is 0.0418. The third-order valence-electron chi connectivity index (χ3n) is 6.49. The Hall–Kier alpha value is -3.62. The van der Waals surface area contributed by atoms with E-state index in [0.29, 0.717) is 35.9 Å². The molecule has 0 saturated carbocycles. The predicted octanol–water partition coefficient (Wildman–Crippen LogP) is 6.17. The second-order valence-electron chi connectivity index (χ2n) is 11.3. The first kappa shape index (κ1) is 28.4. The van der Waals surface area contributed by atoms with Crippen molar-refractivity contribution in [1.82, 2.24) is 15.0 Å². The largest absolute Gasteiger partial charge is 0.459 e. The molecular formula is C31H36FN3O4. The van der Waals surface area contributed by atoms with Crippen molar-refractivity contribution in [1.29, 1.82) is 0 Å². The molecule has 0 bridgehead atoms. The summed E-state index contributed by atoms with van der Waals surface area (Å²) < 4.78 is 31.3. The van der Waals surface area contributed by atoms with Crippen molar-refractivity contribution in [3.05, 3.63) is 83.5 Å². The fourth-order valence-corrected chi connectivity index (χ4v) is 4.86. The molecule has 1 heterocycles. The molecule has 1 unspecified atom stereocenters. The molecular weight excluding hydrogens is 497 g/mol. The molecule has 206 valence electrons. The molecule has 7 nitrogen and oxygen atoms in total. The maximum atomic E-state index is 14.7.